The molecule has 2 rings (SSSR count). The molecular formula is C12H20N4O2. The Balaban J connectivity index is 2.12. The summed E-state index contributed by atoms with van der Waals surface area (Å²) < 4.78 is 5.08. The van der Waals surface area contributed by atoms with Gasteiger partial charge in [-0.15, -0.1) is 0 Å². The maximum Gasteiger partial charge on any atom is 0.272 e. The van der Waals surface area contributed by atoms with E-state index in [4.69, 9.17) is 4.74 Å². The number of fused-ring (bicyclic) bond motifs is 1. The number of hydrogen-bond acceptors (Lipinski definition) is 4. The number of nitrogens with one attached hydrogen (secondary N) is 3. The van der Waals surface area contributed by atoms with Crippen LogP contribution in [0.5, 0.6) is 0 Å². The van der Waals surface area contributed by atoms with E-state index in [1.807, 2.05) is 13.8 Å². The highest BCUT2D eigenvalue weighted by atomic mass is 16.5. The topological polar surface area (TPSA) is 79.0 Å². The molecule has 0 spiro atoms. The van der Waals surface area contributed by atoms with Gasteiger partial charge in [-0.05, 0) is 13.8 Å². The van der Waals surface area contributed by atoms with E-state index < -0.39 is 5.54 Å². The summed E-state index contributed by atoms with van der Waals surface area (Å²) in [5.74, 6) is -0.154. The first-order chi connectivity index (χ1) is 8.53. The fraction of sp³-hybridized carbons (Fsp3) is 0.667. The normalized spacial score (nSPS) is 15.3. The number of carbonyl (C=O) groups excluding carboxylic acids is 1. The number of methoxy groups -OCH3 is 1. The van der Waals surface area contributed by atoms with Gasteiger partial charge < -0.3 is 15.4 Å². The average Bonchev–Trinajstić information content (AvgIpc) is 2.71. The third-order valence-electron chi connectivity index (χ3n) is 2.98. The number of hydrogen-bond donors (Lipinski definition) is 3. The minimum absolute atomic E-state index is 0.154. The van der Waals surface area contributed by atoms with Crippen LogP contribution in [0.3, 0.4) is 0 Å². The van der Waals surface area contributed by atoms with Crippen molar-refractivity contribution in [2.75, 3.05) is 20.3 Å². The molecule has 1 aliphatic heterocycles. The molecule has 0 aliphatic carbocycles. The van der Waals surface area contributed by atoms with Gasteiger partial charge >= 0.3 is 0 Å². The van der Waals surface area contributed by atoms with Crippen LogP contribution in [0.1, 0.15) is 35.6 Å². The Morgan fingerprint density at radius 2 is 2.33 bits per heavy atom. The molecule has 0 aromatic carbocycles. The minimum atomic E-state index is -0.403. The summed E-state index contributed by atoms with van der Waals surface area (Å²) >= 11 is 0. The largest absolute Gasteiger partial charge is 0.382 e. The maximum atomic E-state index is 12.2. The third kappa shape index (κ3) is 2.70. The van der Waals surface area contributed by atoms with Crippen LogP contribution < -0.4 is 10.6 Å². The van der Waals surface area contributed by atoms with Crippen LogP contribution in [-0.4, -0.2) is 41.9 Å². The lowest BCUT2D eigenvalue weighted by Gasteiger charge is -2.25. The van der Waals surface area contributed by atoms with E-state index in [9.17, 15) is 4.79 Å². The molecule has 1 aromatic rings. The number of rotatable bonds is 4. The van der Waals surface area contributed by atoms with Crippen molar-refractivity contribution in [2.24, 2.45) is 0 Å². The van der Waals surface area contributed by atoms with Crippen LogP contribution in [0.2, 0.25) is 0 Å². The second kappa shape index (κ2) is 5.07. The van der Waals surface area contributed by atoms with Gasteiger partial charge in [0, 0.05) is 37.9 Å². The number of carbonyl (C=O) groups is 1. The molecule has 0 saturated carbocycles. The van der Waals surface area contributed by atoms with E-state index in [1.165, 1.54) is 0 Å². The second-order valence-electron chi connectivity index (χ2n) is 5.23. The second-order valence-corrected chi connectivity index (χ2v) is 5.23. The lowest BCUT2D eigenvalue weighted by atomic mass is 10.0. The molecule has 6 heteroatoms. The number of H-pyrrole nitrogens is 1. The molecule has 0 unspecified atom stereocenters. The molecule has 6 nitrogen and oxygen atoms in total. The van der Waals surface area contributed by atoms with Crippen LogP contribution in [0.15, 0.2) is 0 Å². The van der Waals surface area contributed by atoms with Gasteiger partial charge in [-0.25, -0.2) is 0 Å². The molecule has 1 amide bonds. The zero-order valence-corrected chi connectivity index (χ0v) is 11.1. The number of aromatic amines is 1. The zero-order valence-electron chi connectivity index (χ0n) is 11.1. The van der Waals surface area contributed by atoms with Gasteiger partial charge in [0.1, 0.15) is 0 Å². The van der Waals surface area contributed by atoms with Gasteiger partial charge in [0.2, 0.25) is 0 Å². The predicted molar refractivity (Wildman–Crippen MR) is 67.4 cm³/mol. The van der Waals surface area contributed by atoms with Crippen LogP contribution in [-0.2, 0) is 17.7 Å². The molecule has 0 bridgehead atoms. The zero-order chi connectivity index (χ0) is 13.2. The van der Waals surface area contributed by atoms with Crippen molar-refractivity contribution in [3.63, 3.8) is 0 Å². The Morgan fingerprint density at radius 3 is 3.06 bits per heavy atom. The molecule has 2 heterocycles. The van der Waals surface area contributed by atoms with Crippen LogP contribution >= 0.6 is 0 Å². The Kier molecular flexibility index (Phi) is 3.68. The highest BCUT2D eigenvalue weighted by Gasteiger charge is 2.26. The van der Waals surface area contributed by atoms with Gasteiger partial charge in [0.15, 0.2) is 5.69 Å². The van der Waals surface area contributed by atoms with Crippen LogP contribution in [0, 0.1) is 0 Å². The molecule has 0 saturated heterocycles. The number of nitrogens with zero attached hydrogens (tertiary/aromatic N) is 1. The first kappa shape index (κ1) is 13.0. The minimum Gasteiger partial charge on any atom is -0.382 e. The van der Waals surface area contributed by atoms with E-state index in [0.717, 1.165) is 24.2 Å². The van der Waals surface area contributed by atoms with Gasteiger partial charge in [-0.3, -0.25) is 9.89 Å². The smallest absolute Gasteiger partial charge is 0.272 e. The highest BCUT2D eigenvalue weighted by Crippen LogP contribution is 2.16. The molecule has 18 heavy (non-hydrogen) atoms. The summed E-state index contributed by atoms with van der Waals surface area (Å²) in [6, 6.07) is 0. The summed E-state index contributed by atoms with van der Waals surface area (Å²) in [5.41, 5.74) is 2.12. The first-order valence-electron chi connectivity index (χ1n) is 6.12. The van der Waals surface area contributed by atoms with Crippen molar-refractivity contribution in [2.45, 2.75) is 32.4 Å². The molecule has 3 N–H and O–H groups in total. The first-order valence-corrected chi connectivity index (χ1v) is 6.12. The van der Waals surface area contributed by atoms with E-state index in [2.05, 4.69) is 20.8 Å². The fourth-order valence-electron chi connectivity index (χ4n) is 2.18. The third-order valence-corrected chi connectivity index (χ3v) is 2.98. The average molecular weight is 252 g/mol. The van der Waals surface area contributed by atoms with Crippen molar-refractivity contribution in [1.82, 2.24) is 20.8 Å². The maximum absolute atomic E-state index is 12.2. The van der Waals surface area contributed by atoms with Crippen molar-refractivity contribution < 1.29 is 9.53 Å². The molecule has 100 valence electrons. The van der Waals surface area contributed by atoms with E-state index in [1.54, 1.807) is 7.11 Å². The molecule has 0 radical (unpaired) electrons. The Labute approximate surface area is 106 Å². The molecule has 1 aromatic heterocycles. The summed E-state index contributed by atoms with van der Waals surface area (Å²) in [5, 5.41) is 13.2. The van der Waals surface area contributed by atoms with E-state index in [-0.39, 0.29) is 5.91 Å². The van der Waals surface area contributed by atoms with Gasteiger partial charge in [0.05, 0.1) is 12.1 Å². The van der Waals surface area contributed by atoms with Gasteiger partial charge in [0.25, 0.3) is 5.91 Å². The lowest BCUT2D eigenvalue weighted by Crippen LogP contribution is -2.47. The Bertz CT molecular complexity index is 439. The van der Waals surface area contributed by atoms with E-state index in [0.29, 0.717) is 18.8 Å². The van der Waals surface area contributed by atoms with Crippen molar-refractivity contribution >= 4 is 5.91 Å². The van der Waals surface area contributed by atoms with Crippen LogP contribution in [0.25, 0.3) is 0 Å². The SMILES string of the molecule is COCC(C)(C)NC(=O)c1n[nH]c2c1CNCC2. The van der Waals surface area contributed by atoms with Gasteiger partial charge in [-0.2, -0.15) is 5.10 Å². The molecule has 1 aliphatic rings. The summed E-state index contributed by atoms with van der Waals surface area (Å²) in [6.45, 7) is 5.92. The van der Waals surface area contributed by atoms with E-state index >= 15 is 0 Å². The number of ether oxygens (including phenoxy) is 1. The van der Waals surface area contributed by atoms with Crippen molar-refractivity contribution in [1.29, 1.82) is 0 Å². The quantitative estimate of drug-likeness (QED) is 0.716. The molecule has 0 atom stereocenters. The molecule has 0 fully saturated rings. The lowest BCUT2D eigenvalue weighted by molar-refractivity contribution is 0.0814. The standard InChI is InChI=1S/C12H20N4O2/c1-12(2,7-18-3)14-11(17)10-8-6-13-5-4-9(8)15-16-10/h13H,4-7H2,1-3H3,(H,14,17)(H,15,16). The summed E-state index contributed by atoms with van der Waals surface area (Å²) in [6.07, 6.45) is 0.886. The monoisotopic (exact) mass is 252 g/mol. The Hall–Kier alpha value is -1.40. The summed E-state index contributed by atoms with van der Waals surface area (Å²) in [4.78, 5) is 12.2. The van der Waals surface area contributed by atoms with Crippen molar-refractivity contribution in [3.8, 4) is 0 Å². The Morgan fingerprint density at radius 1 is 1.56 bits per heavy atom. The van der Waals surface area contributed by atoms with Gasteiger partial charge in [-0.1, -0.05) is 0 Å². The highest BCUT2D eigenvalue weighted by molar-refractivity contribution is 5.94. The number of amides is 1. The molecular weight excluding hydrogens is 232 g/mol. The number of aromatic nitrogens is 2. The van der Waals surface area contributed by atoms with Crippen molar-refractivity contribution in [3.05, 3.63) is 17.0 Å². The fourth-order valence-corrected chi connectivity index (χ4v) is 2.18. The predicted octanol–water partition coefficient (Wildman–Crippen LogP) is 0.210. The van der Waals surface area contributed by atoms with Crippen LogP contribution in [0.4, 0.5) is 0 Å². The summed E-state index contributed by atoms with van der Waals surface area (Å²) in [7, 11) is 1.62.